The molecule has 48 heavy (non-hydrogen) atoms. The highest BCUT2D eigenvalue weighted by molar-refractivity contribution is 5.88. The van der Waals surface area contributed by atoms with Crippen LogP contribution in [0.25, 0.3) is 28.4 Å². The molecule has 5 unspecified atom stereocenters. The standard InChI is InChI=1S/C33H30O15/c1-15(34)45-31-24(14-44-25(39)10-4-16-3-9-20(37)22(11-16)43-2)47-33(29(42)28(31)41)48-32-27(40)26-21(38)12-19(36)13-23(26)46-30(32)17-5-7-18(35)8-6-17/h3-13,24,28-29,31,33,35-38,41-42H,14H2,1-2H3. The van der Waals surface area contributed by atoms with Gasteiger partial charge in [-0.1, -0.05) is 6.07 Å². The molecule has 1 fully saturated rings. The predicted octanol–water partition coefficient (Wildman–Crippen LogP) is 2.30. The van der Waals surface area contributed by atoms with Gasteiger partial charge in [0, 0.05) is 30.7 Å². The third-order valence-corrected chi connectivity index (χ3v) is 7.23. The van der Waals surface area contributed by atoms with Gasteiger partial charge in [0.2, 0.25) is 17.5 Å². The smallest absolute Gasteiger partial charge is 0.330 e. The molecule has 0 saturated carbocycles. The van der Waals surface area contributed by atoms with Crippen LogP contribution in [0.5, 0.6) is 34.5 Å². The van der Waals surface area contributed by atoms with E-state index in [4.69, 9.17) is 28.1 Å². The van der Waals surface area contributed by atoms with Crippen molar-refractivity contribution in [3.63, 3.8) is 0 Å². The number of carbonyl (C=O) groups is 2. The Bertz CT molecular complexity index is 1910. The molecule has 1 aliphatic heterocycles. The molecular formula is C33H30O15. The summed E-state index contributed by atoms with van der Waals surface area (Å²) in [5.74, 6) is -3.69. The van der Waals surface area contributed by atoms with Gasteiger partial charge in [-0.25, -0.2) is 4.79 Å². The Labute approximate surface area is 271 Å². The topological polar surface area (TPSA) is 232 Å². The van der Waals surface area contributed by atoms with Gasteiger partial charge in [-0.15, -0.1) is 0 Å². The molecule has 15 heteroatoms. The maximum atomic E-state index is 13.7. The van der Waals surface area contributed by atoms with Crippen LogP contribution in [-0.4, -0.2) is 87.0 Å². The van der Waals surface area contributed by atoms with E-state index in [1.54, 1.807) is 0 Å². The molecule has 5 rings (SSSR count). The fraction of sp³-hybridized carbons (Fsp3) is 0.242. The number of carbonyl (C=O) groups excluding carboxylic acids is 2. The zero-order valence-corrected chi connectivity index (χ0v) is 25.3. The van der Waals surface area contributed by atoms with E-state index in [0.717, 1.165) is 25.1 Å². The minimum Gasteiger partial charge on any atom is -0.508 e. The fourth-order valence-electron chi connectivity index (χ4n) is 4.94. The fourth-order valence-corrected chi connectivity index (χ4v) is 4.94. The molecule has 6 N–H and O–H groups in total. The zero-order chi connectivity index (χ0) is 34.7. The number of aliphatic hydroxyl groups excluding tert-OH is 2. The van der Waals surface area contributed by atoms with Crippen LogP contribution < -0.4 is 14.9 Å². The molecule has 4 aromatic rings. The van der Waals surface area contributed by atoms with Crippen LogP contribution in [0.1, 0.15) is 12.5 Å². The quantitative estimate of drug-likeness (QED) is 0.111. The lowest BCUT2D eigenvalue weighted by Gasteiger charge is -2.41. The van der Waals surface area contributed by atoms with Crippen molar-refractivity contribution >= 4 is 29.0 Å². The van der Waals surface area contributed by atoms with Crippen LogP contribution in [0.15, 0.2) is 69.9 Å². The summed E-state index contributed by atoms with van der Waals surface area (Å²) < 4.78 is 32.9. The molecule has 15 nitrogen and oxygen atoms in total. The van der Waals surface area contributed by atoms with E-state index in [-0.39, 0.29) is 34.2 Å². The van der Waals surface area contributed by atoms with Gasteiger partial charge in [0.05, 0.1) is 7.11 Å². The minimum atomic E-state index is -1.94. The Morgan fingerprint density at radius 3 is 2.33 bits per heavy atom. The number of esters is 2. The Morgan fingerprint density at radius 1 is 0.917 bits per heavy atom. The number of phenolic OH excluding ortho intramolecular Hbond substituents is 4. The molecule has 252 valence electrons. The van der Waals surface area contributed by atoms with E-state index in [0.29, 0.717) is 5.56 Å². The molecular weight excluding hydrogens is 636 g/mol. The lowest BCUT2D eigenvalue weighted by atomic mass is 9.99. The summed E-state index contributed by atoms with van der Waals surface area (Å²) in [6.07, 6.45) is -6.22. The Kier molecular flexibility index (Phi) is 9.74. The molecule has 0 aliphatic carbocycles. The van der Waals surface area contributed by atoms with Crippen molar-refractivity contribution in [2.75, 3.05) is 13.7 Å². The molecule has 1 saturated heterocycles. The largest absolute Gasteiger partial charge is 0.508 e. The summed E-state index contributed by atoms with van der Waals surface area (Å²) in [6, 6.07) is 11.7. The summed E-state index contributed by atoms with van der Waals surface area (Å²) in [6.45, 7) is 0.425. The van der Waals surface area contributed by atoms with Crippen LogP contribution in [0.3, 0.4) is 0 Å². The van der Waals surface area contributed by atoms with Crippen molar-refractivity contribution in [2.45, 2.75) is 37.6 Å². The van der Waals surface area contributed by atoms with Crippen molar-refractivity contribution < 1.29 is 68.3 Å². The number of hydrogen-bond donors (Lipinski definition) is 6. The van der Waals surface area contributed by atoms with E-state index in [2.05, 4.69) is 0 Å². The second-order valence-electron chi connectivity index (χ2n) is 10.6. The van der Waals surface area contributed by atoms with Gasteiger partial charge in [0.1, 0.15) is 53.1 Å². The summed E-state index contributed by atoms with van der Waals surface area (Å²) in [5.41, 5.74) is -0.503. The Hall–Kier alpha value is -5.77. The van der Waals surface area contributed by atoms with Gasteiger partial charge in [0.15, 0.2) is 23.4 Å². The average Bonchev–Trinajstić information content (AvgIpc) is 3.04. The molecule has 5 atom stereocenters. The molecule has 2 heterocycles. The first-order valence-corrected chi connectivity index (χ1v) is 14.3. The van der Waals surface area contributed by atoms with E-state index >= 15 is 0 Å². The zero-order valence-electron chi connectivity index (χ0n) is 25.3. The molecule has 1 aromatic heterocycles. The lowest BCUT2D eigenvalue weighted by molar-refractivity contribution is -0.282. The predicted molar refractivity (Wildman–Crippen MR) is 164 cm³/mol. The van der Waals surface area contributed by atoms with E-state index in [1.807, 2.05) is 0 Å². The second-order valence-corrected chi connectivity index (χ2v) is 10.6. The molecule has 1 aliphatic rings. The van der Waals surface area contributed by atoms with Crippen LogP contribution in [0.4, 0.5) is 0 Å². The van der Waals surface area contributed by atoms with Gasteiger partial charge >= 0.3 is 11.9 Å². The monoisotopic (exact) mass is 666 g/mol. The number of benzene rings is 3. The van der Waals surface area contributed by atoms with Crippen molar-refractivity contribution in [3.05, 3.63) is 76.5 Å². The SMILES string of the molecule is COc1cc(C=CC(=O)OCC2OC(Oc3c(-c4ccc(O)cc4)oc4cc(O)cc(O)c4c3=O)C(O)C(O)C2OC(C)=O)ccc1O. The number of rotatable bonds is 9. The number of phenols is 4. The summed E-state index contributed by atoms with van der Waals surface area (Å²) in [7, 11) is 1.36. The molecule has 0 spiro atoms. The third-order valence-electron chi connectivity index (χ3n) is 7.23. The highest BCUT2D eigenvalue weighted by Gasteiger charge is 2.48. The number of hydrogen-bond acceptors (Lipinski definition) is 15. The van der Waals surface area contributed by atoms with Gasteiger partial charge in [-0.2, -0.15) is 0 Å². The first kappa shape index (κ1) is 33.6. The number of aliphatic hydroxyl groups is 2. The van der Waals surface area contributed by atoms with Crippen LogP contribution >= 0.6 is 0 Å². The van der Waals surface area contributed by atoms with E-state index < -0.39 is 77.3 Å². The molecule has 0 amide bonds. The van der Waals surface area contributed by atoms with Crippen molar-refractivity contribution in [3.8, 4) is 45.8 Å². The van der Waals surface area contributed by atoms with Gasteiger partial charge in [-0.3, -0.25) is 9.59 Å². The molecule has 0 radical (unpaired) electrons. The maximum Gasteiger partial charge on any atom is 0.330 e. The normalized spacial score (nSPS) is 20.8. The van der Waals surface area contributed by atoms with Crippen molar-refractivity contribution in [1.29, 1.82) is 0 Å². The Morgan fingerprint density at radius 2 is 1.65 bits per heavy atom. The lowest BCUT2D eigenvalue weighted by Crippen LogP contribution is -2.61. The molecule has 0 bridgehead atoms. The van der Waals surface area contributed by atoms with Crippen LogP contribution in [0.2, 0.25) is 0 Å². The highest BCUT2D eigenvalue weighted by atomic mass is 16.7. The van der Waals surface area contributed by atoms with E-state index in [9.17, 15) is 45.0 Å². The Balaban J connectivity index is 1.44. The van der Waals surface area contributed by atoms with Gasteiger partial charge in [0.25, 0.3) is 0 Å². The number of aromatic hydroxyl groups is 4. The number of ether oxygens (including phenoxy) is 5. The van der Waals surface area contributed by atoms with Gasteiger partial charge in [-0.05, 0) is 48.0 Å². The number of fused-ring (bicyclic) bond motifs is 1. The maximum absolute atomic E-state index is 13.7. The third kappa shape index (κ3) is 7.12. The first-order valence-electron chi connectivity index (χ1n) is 14.3. The summed E-state index contributed by atoms with van der Waals surface area (Å²) >= 11 is 0. The average molecular weight is 667 g/mol. The summed E-state index contributed by atoms with van der Waals surface area (Å²) in [4.78, 5) is 38.1. The van der Waals surface area contributed by atoms with Gasteiger partial charge < -0.3 is 58.7 Å². The molecule has 3 aromatic carbocycles. The number of methoxy groups -OCH3 is 1. The van der Waals surface area contributed by atoms with Crippen LogP contribution in [-0.2, 0) is 23.8 Å². The van der Waals surface area contributed by atoms with Crippen molar-refractivity contribution in [1.82, 2.24) is 0 Å². The highest BCUT2D eigenvalue weighted by Crippen LogP contribution is 2.38. The van der Waals surface area contributed by atoms with Crippen molar-refractivity contribution in [2.24, 2.45) is 0 Å². The minimum absolute atomic E-state index is 0.103. The first-order chi connectivity index (χ1) is 22.9. The van der Waals surface area contributed by atoms with E-state index in [1.165, 1.54) is 55.7 Å². The summed E-state index contributed by atoms with van der Waals surface area (Å²) in [5, 5.41) is 61.5. The second kappa shape index (κ2) is 13.9. The van der Waals surface area contributed by atoms with Crippen LogP contribution in [0, 0.1) is 0 Å².